The number of benzene rings is 1. The Morgan fingerprint density at radius 3 is 2.73 bits per heavy atom. The number of fused-ring (bicyclic) bond motifs is 1. The van der Waals surface area contributed by atoms with Crippen LogP contribution in [0.15, 0.2) is 59.7 Å². The second-order valence-corrected chi connectivity index (χ2v) is 8.89. The first-order valence-electron chi connectivity index (χ1n) is 11.3. The van der Waals surface area contributed by atoms with E-state index >= 15 is 0 Å². The first-order valence-corrected chi connectivity index (χ1v) is 11.7. The first-order chi connectivity index (χ1) is 17.9. The summed E-state index contributed by atoms with van der Waals surface area (Å²) in [5, 5.41) is 16.8. The van der Waals surface area contributed by atoms with Crippen LogP contribution >= 0.6 is 11.6 Å². The highest BCUT2D eigenvalue weighted by molar-refractivity contribution is 6.31. The fraction of sp³-hybridized carbons (Fsp3) is 0.148. The highest BCUT2D eigenvalue weighted by Crippen LogP contribution is 2.34. The quantitative estimate of drug-likeness (QED) is 0.338. The number of hydrogen-bond donors (Lipinski definition) is 1. The summed E-state index contributed by atoms with van der Waals surface area (Å²) in [6.07, 6.45) is 2.72. The Labute approximate surface area is 216 Å². The number of nitrogens with zero attached hydrogens (tertiary/aromatic N) is 5. The Kier molecular flexibility index (Phi) is 6.42. The molecule has 0 saturated carbocycles. The van der Waals surface area contributed by atoms with Gasteiger partial charge < -0.3 is 9.30 Å². The zero-order chi connectivity index (χ0) is 26.1. The van der Waals surface area contributed by atoms with E-state index in [1.165, 1.54) is 10.6 Å². The molecule has 1 N–H and O–H groups in total. The van der Waals surface area contributed by atoms with Crippen molar-refractivity contribution in [3.05, 3.63) is 104 Å². The van der Waals surface area contributed by atoms with Gasteiger partial charge in [-0.15, -0.1) is 0 Å². The molecule has 4 aromatic heterocycles. The molecule has 5 rings (SSSR count). The number of para-hydroxylation sites is 1. The van der Waals surface area contributed by atoms with Crippen LogP contribution < -0.4 is 10.3 Å². The SMILES string of the molecule is Cc1cc(Cl)c(COc2cccc3c(-c4[nH]ncc4F)cc(C)nc23)c(Cn2cccc(C#N)c2=O)n1. The van der Waals surface area contributed by atoms with Gasteiger partial charge in [0, 0.05) is 34.1 Å². The number of hydrogen-bond acceptors (Lipinski definition) is 6. The summed E-state index contributed by atoms with van der Waals surface area (Å²) in [7, 11) is 0. The number of aromatic amines is 1. The molecule has 0 radical (unpaired) electrons. The third-order valence-electron chi connectivity index (χ3n) is 5.91. The average molecular weight is 515 g/mol. The lowest BCUT2D eigenvalue weighted by Crippen LogP contribution is -2.23. The van der Waals surface area contributed by atoms with Crippen molar-refractivity contribution in [3.63, 3.8) is 0 Å². The van der Waals surface area contributed by atoms with Gasteiger partial charge in [0.2, 0.25) is 0 Å². The van der Waals surface area contributed by atoms with Gasteiger partial charge in [-0.2, -0.15) is 10.4 Å². The van der Waals surface area contributed by atoms with E-state index in [2.05, 4.69) is 20.2 Å². The molecular weight excluding hydrogens is 495 g/mol. The van der Waals surface area contributed by atoms with Crippen molar-refractivity contribution < 1.29 is 9.13 Å². The molecule has 10 heteroatoms. The smallest absolute Gasteiger partial charge is 0.268 e. The van der Waals surface area contributed by atoms with Crippen LogP contribution in [0.2, 0.25) is 5.02 Å². The first kappa shape index (κ1) is 24.2. The van der Waals surface area contributed by atoms with Crippen molar-refractivity contribution in [1.82, 2.24) is 24.7 Å². The fourth-order valence-corrected chi connectivity index (χ4v) is 4.52. The predicted octanol–water partition coefficient (Wildman–Crippen LogP) is 5.09. The summed E-state index contributed by atoms with van der Waals surface area (Å²) in [6, 6.07) is 13.9. The van der Waals surface area contributed by atoms with Crippen LogP contribution in [0.5, 0.6) is 5.75 Å². The zero-order valence-electron chi connectivity index (χ0n) is 19.9. The predicted molar refractivity (Wildman–Crippen MR) is 137 cm³/mol. The maximum absolute atomic E-state index is 14.3. The molecule has 5 aromatic rings. The third kappa shape index (κ3) is 4.67. The zero-order valence-corrected chi connectivity index (χ0v) is 20.7. The minimum Gasteiger partial charge on any atom is -0.486 e. The van der Waals surface area contributed by atoms with Crippen LogP contribution in [-0.4, -0.2) is 24.7 Å². The number of nitrogens with one attached hydrogen (secondary N) is 1. The summed E-state index contributed by atoms with van der Waals surface area (Å²) in [5.74, 6) is 0.0182. The highest BCUT2D eigenvalue weighted by Gasteiger charge is 2.17. The summed E-state index contributed by atoms with van der Waals surface area (Å²) in [4.78, 5) is 21.8. The molecule has 0 bridgehead atoms. The lowest BCUT2D eigenvalue weighted by atomic mass is 10.0. The Morgan fingerprint density at radius 2 is 1.97 bits per heavy atom. The van der Waals surface area contributed by atoms with Crippen LogP contribution in [0.3, 0.4) is 0 Å². The summed E-state index contributed by atoms with van der Waals surface area (Å²) in [5.41, 5.74) is 3.59. The Hall–Kier alpha value is -4.55. The number of aromatic nitrogens is 5. The van der Waals surface area contributed by atoms with E-state index in [-0.39, 0.29) is 24.4 Å². The second kappa shape index (κ2) is 9.84. The molecular formula is C27H20ClFN6O2. The van der Waals surface area contributed by atoms with Crippen LogP contribution in [0.25, 0.3) is 22.2 Å². The number of H-pyrrole nitrogens is 1. The normalized spacial score (nSPS) is 11.0. The molecule has 0 aliphatic heterocycles. The van der Waals surface area contributed by atoms with Crippen LogP contribution in [0.1, 0.15) is 28.2 Å². The topological polar surface area (TPSA) is 109 Å². The standard InChI is InChI=1S/C27H20ClFN6O2/c1-15-9-19(25-22(29)12-31-34-25)18-6-3-7-24(26(18)33-15)37-14-20-21(28)10-16(2)32-23(20)13-35-8-4-5-17(11-30)27(35)36/h3-10,12H,13-14H2,1-2H3,(H,31,34). The van der Waals surface area contributed by atoms with Crippen LogP contribution in [-0.2, 0) is 13.2 Å². The molecule has 0 unspecified atom stereocenters. The lowest BCUT2D eigenvalue weighted by Gasteiger charge is -2.16. The minimum absolute atomic E-state index is 0.0424. The van der Waals surface area contributed by atoms with Crippen molar-refractivity contribution in [2.75, 3.05) is 0 Å². The van der Waals surface area contributed by atoms with E-state index in [0.717, 1.165) is 6.20 Å². The van der Waals surface area contributed by atoms with Crippen molar-refractivity contribution in [3.8, 4) is 23.1 Å². The van der Waals surface area contributed by atoms with Gasteiger partial charge in [0.15, 0.2) is 5.82 Å². The third-order valence-corrected chi connectivity index (χ3v) is 6.25. The number of aryl methyl sites for hydroxylation is 2. The number of nitriles is 1. The van der Waals surface area contributed by atoms with Crippen LogP contribution in [0, 0.1) is 31.0 Å². The Balaban J connectivity index is 1.53. The Bertz CT molecular complexity index is 1750. The molecule has 0 fully saturated rings. The van der Waals surface area contributed by atoms with E-state index < -0.39 is 11.4 Å². The molecule has 8 nitrogen and oxygen atoms in total. The molecule has 0 aliphatic carbocycles. The van der Waals surface area contributed by atoms with Gasteiger partial charge in [-0.3, -0.25) is 14.9 Å². The van der Waals surface area contributed by atoms with Gasteiger partial charge in [0.1, 0.15) is 35.2 Å². The van der Waals surface area contributed by atoms with Crippen molar-refractivity contribution in [2.45, 2.75) is 27.0 Å². The molecule has 0 saturated heterocycles. The molecule has 0 atom stereocenters. The van der Waals surface area contributed by atoms with Gasteiger partial charge in [-0.1, -0.05) is 23.7 Å². The van der Waals surface area contributed by atoms with Crippen molar-refractivity contribution in [1.29, 1.82) is 5.26 Å². The number of ether oxygens (including phenoxy) is 1. The van der Waals surface area contributed by atoms with Gasteiger partial charge in [-0.05, 0) is 44.2 Å². The van der Waals surface area contributed by atoms with E-state index in [1.54, 1.807) is 36.5 Å². The largest absolute Gasteiger partial charge is 0.486 e. The van der Waals surface area contributed by atoms with E-state index in [1.807, 2.05) is 26.0 Å². The molecule has 184 valence electrons. The monoisotopic (exact) mass is 514 g/mol. The van der Waals surface area contributed by atoms with E-state index in [4.69, 9.17) is 16.3 Å². The number of rotatable bonds is 6. The molecule has 37 heavy (non-hydrogen) atoms. The Morgan fingerprint density at radius 1 is 1.16 bits per heavy atom. The number of halogens is 2. The maximum atomic E-state index is 14.3. The molecule has 0 spiro atoms. The van der Waals surface area contributed by atoms with Crippen molar-refractivity contribution in [2.24, 2.45) is 0 Å². The maximum Gasteiger partial charge on any atom is 0.268 e. The second-order valence-electron chi connectivity index (χ2n) is 8.48. The van der Waals surface area contributed by atoms with Crippen molar-refractivity contribution >= 4 is 22.5 Å². The molecule has 0 aliphatic rings. The fourth-order valence-electron chi connectivity index (χ4n) is 4.20. The van der Waals surface area contributed by atoms with Gasteiger partial charge in [0.25, 0.3) is 5.56 Å². The number of pyridine rings is 3. The van der Waals surface area contributed by atoms with E-state index in [9.17, 15) is 14.4 Å². The summed E-state index contributed by atoms with van der Waals surface area (Å²) in [6.45, 7) is 3.79. The summed E-state index contributed by atoms with van der Waals surface area (Å²) < 4.78 is 21.9. The van der Waals surface area contributed by atoms with Gasteiger partial charge in [0.05, 0.1) is 23.5 Å². The minimum atomic E-state index is -0.462. The van der Waals surface area contributed by atoms with Gasteiger partial charge in [-0.25, -0.2) is 9.37 Å². The van der Waals surface area contributed by atoms with Gasteiger partial charge >= 0.3 is 0 Å². The van der Waals surface area contributed by atoms with E-state index in [0.29, 0.717) is 49.9 Å². The van der Waals surface area contributed by atoms with Crippen LogP contribution in [0.4, 0.5) is 4.39 Å². The molecule has 4 heterocycles. The summed E-state index contributed by atoms with van der Waals surface area (Å²) >= 11 is 6.59. The molecule has 1 aromatic carbocycles. The highest BCUT2D eigenvalue weighted by atomic mass is 35.5. The average Bonchev–Trinajstić information content (AvgIpc) is 3.30. The molecule has 0 amide bonds. The lowest BCUT2D eigenvalue weighted by molar-refractivity contribution is 0.307.